The molecule has 0 radical (unpaired) electrons. The van der Waals surface area contributed by atoms with E-state index >= 15 is 0 Å². The molecule has 1 aromatic carbocycles. The lowest BCUT2D eigenvalue weighted by Crippen LogP contribution is -2.04. The van der Waals surface area contributed by atoms with Crippen molar-refractivity contribution in [3.8, 4) is 5.75 Å². The van der Waals surface area contributed by atoms with E-state index in [9.17, 15) is 0 Å². The molecular formula is C15H18N2OS. The van der Waals surface area contributed by atoms with Crippen molar-refractivity contribution in [1.29, 1.82) is 0 Å². The molecule has 1 N–H and O–H groups in total. The molecule has 2 heterocycles. The van der Waals surface area contributed by atoms with Gasteiger partial charge in [-0.25, -0.2) is 4.98 Å². The highest BCUT2D eigenvalue weighted by Gasteiger charge is 2.15. The number of hydrogen-bond donors (Lipinski definition) is 1. The van der Waals surface area contributed by atoms with Gasteiger partial charge in [-0.05, 0) is 25.0 Å². The number of nitrogens with one attached hydrogen (secondary N) is 1. The van der Waals surface area contributed by atoms with Crippen LogP contribution < -0.4 is 10.1 Å². The smallest absolute Gasteiger partial charge is 0.140 e. The Kier molecular flexibility index (Phi) is 3.42. The molecule has 4 heteroatoms. The zero-order chi connectivity index (χ0) is 13.2. The van der Waals surface area contributed by atoms with Crippen LogP contribution >= 0.6 is 11.3 Å². The van der Waals surface area contributed by atoms with Gasteiger partial charge in [0.2, 0.25) is 0 Å². The molecule has 0 atom stereocenters. The summed E-state index contributed by atoms with van der Waals surface area (Å²) in [6.07, 6.45) is 2.00. The number of thiazole rings is 1. The molecule has 1 aromatic heterocycles. The quantitative estimate of drug-likeness (QED) is 0.928. The summed E-state index contributed by atoms with van der Waals surface area (Å²) < 4.78 is 5.92. The molecule has 0 aliphatic carbocycles. The Morgan fingerprint density at radius 1 is 1.32 bits per heavy atom. The summed E-state index contributed by atoms with van der Waals surface area (Å²) in [6, 6.07) is 6.24. The number of rotatable bonds is 4. The van der Waals surface area contributed by atoms with Crippen molar-refractivity contribution in [2.24, 2.45) is 0 Å². The maximum Gasteiger partial charge on any atom is 0.140 e. The van der Waals surface area contributed by atoms with Crippen LogP contribution in [-0.4, -0.2) is 18.1 Å². The summed E-state index contributed by atoms with van der Waals surface area (Å²) in [5, 5.41) is 4.48. The average Bonchev–Trinajstić information content (AvgIpc) is 2.93. The molecule has 0 unspecified atom stereocenters. The van der Waals surface area contributed by atoms with Crippen molar-refractivity contribution >= 4 is 17.2 Å². The maximum atomic E-state index is 5.92. The summed E-state index contributed by atoms with van der Waals surface area (Å²) in [7, 11) is 0. The third-order valence-electron chi connectivity index (χ3n) is 3.36. The normalized spacial score (nSPS) is 13.2. The van der Waals surface area contributed by atoms with Crippen LogP contribution in [0.3, 0.4) is 0 Å². The Balaban J connectivity index is 1.61. The van der Waals surface area contributed by atoms with E-state index < -0.39 is 0 Å². The highest BCUT2D eigenvalue weighted by Crippen LogP contribution is 2.28. The molecule has 0 bridgehead atoms. The SMILES string of the molecule is Cc1cccc(C)c1OCCc1nc2c(s1)CCN2. The van der Waals surface area contributed by atoms with Gasteiger partial charge in [0, 0.05) is 19.4 Å². The molecule has 100 valence electrons. The first-order valence-electron chi connectivity index (χ1n) is 6.65. The minimum atomic E-state index is 0.693. The Morgan fingerprint density at radius 3 is 2.84 bits per heavy atom. The molecule has 1 aliphatic heterocycles. The molecule has 0 amide bonds. The van der Waals surface area contributed by atoms with Crippen LogP contribution in [0.25, 0.3) is 0 Å². The van der Waals surface area contributed by atoms with Gasteiger partial charge in [-0.2, -0.15) is 0 Å². The maximum absolute atomic E-state index is 5.92. The molecule has 0 saturated heterocycles. The van der Waals surface area contributed by atoms with Crippen LogP contribution in [0.1, 0.15) is 21.0 Å². The van der Waals surface area contributed by atoms with Crippen LogP contribution in [0.5, 0.6) is 5.75 Å². The second kappa shape index (κ2) is 5.21. The summed E-state index contributed by atoms with van der Waals surface area (Å²) in [5.74, 6) is 2.11. The molecular weight excluding hydrogens is 256 g/mol. The van der Waals surface area contributed by atoms with Gasteiger partial charge in [0.1, 0.15) is 11.6 Å². The van der Waals surface area contributed by atoms with Crippen LogP contribution in [0.4, 0.5) is 5.82 Å². The van der Waals surface area contributed by atoms with Gasteiger partial charge in [-0.15, -0.1) is 11.3 Å². The highest BCUT2D eigenvalue weighted by atomic mass is 32.1. The predicted octanol–water partition coefficient (Wildman–Crippen LogP) is 3.35. The zero-order valence-electron chi connectivity index (χ0n) is 11.3. The molecule has 3 nitrogen and oxygen atoms in total. The topological polar surface area (TPSA) is 34.1 Å². The lowest BCUT2D eigenvalue weighted by Gasteiger charge is -2.11. The first kappa shape index (κ1) is 12.5. The Morgan fingerprint density at radius 2 is 2.11 bits per heavy atom. The van der Waals surface area contributed by atoms with Crippen molar-refractivity contribution in [2.45, 2.75) is 26.7 Å². The summed E-state index contributed by atoms with van der Waals surface area (Å²) in [4.78, 5) is 5.99. The first-order valence-corrected chi connectivity index (χ1v) is 7.47. The minimum absolute atomic E-state index is 0.693. The largest absolute Gasteiger partial charge is 0.493 e. The second-order valence-corrected chi connectivity index (χ2v) is 6.04. The first-order chi connectivity index (χ1) is 9.24. The van der Waals surface area contributed by atoms with Crippen LogP contribution in [-0.2, 0) is 12.8 Å². The predicted molar refractivity (Wildman–Crippen MR) is 79.4 cm³/mol. The van der Waals surface area contributed by atoms with Crippen molar-refractivity contribution < 1.29 is 4.74 Å². The Hall–Kier alpha value is -1.55. The number of para-hydroxylation sites is 1. The van der Waals surface area contributed by atoms with E-state index in [-0.39, 0.29) is 0 Å². The van der Waals surface area contributed by atoms with E-state index in [1.807, 2.05) is 11.3 Å². The standard InChI is InChI=1S/C15H18N2OS/c1-10-4-3-5-11(2)14(10)18-9-7-13-17-15-12(19-13)6-8-16-15/h3-5,16H,6-9H2,1-2H3. The number of aromatic nitrogens is 1. The fourth-order valence-corrected chi connectivity index (χ4v) is 3.40. The lowest BCUT2D eigenvalue weighted by atomic mass is 10.1. The zero-order valence-corrected chi connectivity index (χ0v) is 12.1. The number of anilines is 1. The van der Waals surface area contributed by atoms with Gasteiger partial charge >= 0.3 is 0 Å². The van der Waals surface area contributed by atoms with Gasteiger partial charge in [0.05, 0.1) is 16.5 Å². The Labute approximate surface area is 117 Å². The highest BCUT2D eigenvalue weighted by molar-refractivity contribution is 7.12. The average molecular weight is 274 g/mol. The second-order valence-electron chi connectivity index (χ2n) is 4.88. The summed E-state index contributed by atoms with van der Waals surface area (Å²) in [6.45, 7) is 5.90. The summed E-state index contributed by atoms with van der Waals surface area (Å²) >= 11 is 1.81. The van der Waals surface area contributed by atoms with Gasteiger partial charge in [-0.3, -0.25) is 0 Å². The third kappa shape index (κ3) is 2.59. The molecule has 3 rings (SSSR count). The van der Waals surface area contributed by atoms with Crippen LogP contribution in [0.2, 0.25) is 0 Å². The number of hydrogen-bond acceptors (Lipinski definition) is 4. The molecule has 1 aliphatic rings. The van der Waals surface area contributed by atoms with Crippen molar-refractivity contribution in [1.82, 2.24) is 4.98 Å². The lowest BCUT2D eigenvalue weighted by molar-refractivity contribution is 0.317. The minimum Gasteiger partial charge on any atom is -0.493 e. The van der Waals surface area contributed by atoms with E-state index in [1.54, 1.807) is 0 Å². The van der Waals surface area contributed by atoms with Crippen LogP contribution in [0, 0.1) is 13.8 Å². The van der Waals surface area contributed by atoms with Crippen molar-refractivity contribution in [3.63, 3.8) is 0 Å². The number of nitrogens with zero attached hydrogens (tertiary/aromatic N) is 1. The van der Waals surface area contributed by atoms with Gasteiger partial charge in [-0.1, -0.05) is 18.2 Å². The Bertz CT molecular complexity index is 550. The monoisotopic (exact) mass is 274 g/mol. The molecule has 19 heavy (non-hydrogen) atoms. The van der Waals surface area contributed by atoms with E-state index in [0.717, 1.165) is 31.0 Å². The van der Waals surface area contributed by atoms with E-state index in [0.29, 0.717) is 6.61 Å². The van der Waals surface area contributed by atoms with E-state index in [1.165, 1.54) is 21.0 Å². The van der Waals surface area contributed by atoms with E-state index in [2.05, 4.69) is 42.3 Å². The number of benzene rings is 1. The number of aryl methyl sites for hydroxylation is 2. The number of fused-ring (bicyclic) bond motifs is 1. The fraction of sp³-hybridized carbons (Fsp3) is 0.400. The molecule has 0 saturated carbocycles. The molecule has 2 aromatic rings. The summed E-state index contributed by atoms with van der Waals surface area (Å²) in [5.41, 5.74) is 2.39. The number of ether oxygens (including phenoxy) is 1. The fourth-order valence-electron chi connectivity index (χ4n) is 2.38. The molecule has 0 spiro atoms. The van der Waals surface area contributed by atoms with Gasteiger partial charge in [0.25, 0.3) is 0 Å². The van der Waals surface area contributed by atoms with Crippen molar-refractivity contribution in [3.05, 3.63) is 39.2 Å². The van der Waals surface area contributed by atoms with Gasteiger partial charge in [0.15, 0.2) is 0 Å². The molecule has 0 fully saturated rings. The van der Waals surface area contributed by atoms with E-state index in [4.69, 9.17) is 4.74 Å². The third-order valence-corrected chi connectivity index (χ3v) is 4.53. The van der Waals surface area contributed by atoms with Gasteiger partial charge < -0.3 is 10.1 Å². The van der Waals surface area contributed by atoms with Crippen LogP contribution in [0.15, 0.2) is 18.2 Å². The van der Waals surface area contributed by atoms with Crippen molar-refractivity contribution in [2.75, 3.05) is 18.5 Å².